The van der Waals surface area contributed by atoms with Gasteiger partial charge in [0.25, 0.3) is 5.91 Å². The summed E-state index contributed by atoms with van der Waals surface area (Å²) in [4.78, 5) is 19.7. The highest BCUT2D eigenvalue weighted by molar-refractivity contribution is 6.06. The number of nitrogens with one attached hydrogen (secondary N) is 1. The van der Waals surface area contributed by atoms with Gasteiger partial charge in [0.05, 0.1) is 24.1 Å². The molecular weight excluding hydrogens is 460 g/mol. The fourth-order valence-electron chi connectivity index (χ4n) is 4.03. The molecule has 1 amide bonds. The van der Waals surface area contributed by atoms with Gasteiger partial charge in [0, 0.05) is 22.8 Å². The lowest BCUT2D eigenvalue weighted by molar-refractivity contribution is -0.274. The molecule has 0 spiro atoms. The van der Waals surface area contributed by atoms with Gasteiger partial charge in [-0.25, -0.2) is 4.98 Å². The number of nitrogens with zero attached hydrogens (tertiary/aromatic N) is 2. The first kappa shape index (κ1) is 20.8. The van der Waals surface area contributed by atoms with E-state index in [1.807, 2.05) is 13.8 Å². The van der Waals surface area contributed by atoms with Crippen molar-refractivity contribution >= 4 is 17.4 Å². The number of amides is 1. The number of benzene rings is 2. The summed E-state index contributed by atoms with van der Waals surface area (Å²) in [5.74, 6) is -0.367. The molecule has 6 nitrogen and oxygen atoms in total. The second-order valence-corrected chi connectivity index (χ2v) is 8.32. The highest BCUT2D eigenvalue weighted by Crippen LogP contribution is 2.30. The minimum atomic E-state index is -4.85. The minimum Gasteiger partial charge on any atom is -0.406 e. The van der Waals surface area contributed by atoms with Gasteiger partial charge in [-0.05, 0) is 67.7 Å². The van der Waals surface area contributed by atoms with Crippen LogP contribution < -0.4 is 15.0 Å². The molecule has 2 heterocycles. The van der Waals surface area contributed by atoms with Gasteiger partial charge in [-0.3, -0.25) is 4.79 Å². The van der Waals surface area contributed by atoms with E-state index < -0.39 is 24.9 Å². The SMILES string of the molecule is [2H][13C]([2H])([2H])c1c(C(=O)Nc2ccc(N3C[C@@H](C)O[C@@H](C)C3)nc2)cccc1-c1ccc(OC(F)(F)F)cc1. The lowest BCUT2D eigenvalue weighted by Crippen LogP contribution is -2.45. The number of carbonyl (C=O) groups excluding carboxylic acids is 1. The van der Waals surface area contributed by atoms with Gasteiger partial charge >= 0.3 is 6.36 Å². The van der Waals surface area contributed by atoms with Crippen LogP contribution in [0.3, 0.4) is 0 Å². The van der Waals surface area contributed by atoms with Gasteiger partial charge < -0.3 is 19.7 Å². The molecule has 1 N–H and O–H groups in total. The molecule has 1 aliphatic rings. The summed E-state index contributed by atoms with van der Waals surface area (Å²) < 4.78 is 71.3. The number of hydrogen-bond acceptors (Lipinski definition) is 5. The number of anilines is 2. The van der Waals surface area contributed by atoms with Crippen molar-refractivity contribution in [2.45, 2.75) is 39.3 Å². The molecular formula is C26H26F3N3O3. The molecule has 0 bridgehead atoms. The minimum absolute atomic E-state index is 0.0545. The maximum absolute atomic E-state index is 13.2. The van der Waals surface area contributed by atoms with E-state index >= 15 is 0 Å². The van der Waals surface area contributed by atoms with Crippen LogP contribution in [-0.2, 0) is 4.74 Å². The maximum Gasteiger partial charge on any atom is 0.573 e. The molecule has 2 aromatic carbocycles. The molecule has 184 valence electrons. The van der Waals surface area contributed by atoms with Crippen molar-refractivity contribution in [3.05, 3.63) is 71.9 Å². The zero-order valence-electron chi connectivity index (χ0n) is 22.1. The van der Waals surface area contributed by atoms with Crippen molar-refractivity contribution in [3.63, 3.8) is 0 Å². The fourth-order valence-corrected chi connectivity index (χ4v) is 4.03. The molecule has 0 saturated carbocycles. The van der Waals surface area contributed by atoms with Gasteiger partial charge in [0.15, 0.2) is 0 Å². The van der Waals surface area contributed by atoms with Crippen LogP contribution in [0.15, 0.2) is 60.8 Å². The van der Waals surface area contributed by atoms with Crippen molar-refractivity contribution in [1.82, 2.24) is 4.98 Å². The molecule has 2 atom stereocenters. The normalized spacial score (nSPS) is 19.9. The molecule has 1 aliphatic heterocycles. The Morgan fingerprint density at radius 2 is 1.83 bits per heavy atom. The van der Waals surface area contributed by atoms with E-state index in [0.717, 1.165) is 18.0 Å². The molecule has 4 rings (SSSR count). The van der Waals surface area contributed by atoms with E-state index in [1.165, 1.54) is 36.5 Å². The van der Waals surface area contributed by atoms with E-state index in [9.17, 15) is 18.0 Å². The van der Waals surface area contributed by atoms with Gasteiger partial charge in [-0.15, -0.1) is 13.2 Å². The van der Waals surface area contributed by atoms with Crippen LogP contribution in [0.1, 0.15) is 33.9 Å². The monoisotopic (exact) mass is 489 g/mol. The van der Waals surface area contributed by atoms with Crippen LogP contribution in [0.25, 0.3) is 11.1 Å². The molecule has 0 radical (unpaired) electrons. The predicted molar refractivity (Wildman–Crippen MR) is 128 cm³/mol. The van der Waals surface area contributed by atoms with E-state index in [0.29, 0.717) is 24.3 Å². The molecule has 3 aromatic rings. The molecule has 9 heteroatoms. The quantitative estimate of drug-likeness (QED) is 0.458. The average molecular weight is 490 g/mol. The second kappa shape index (κ2) is 9.95. The van der Waals surface area contributed by atoms with Gasteiger partial charge in [0.1, 0.15) is 11.6 Å². The number of ether oxygens (including phenoxy) is 2. The lowest BCUT2D eigenvalue weighted by Gasteiger charge is -2.36. The van der Waals surface area contributed by atoms with E-state index in [4.69, 9.17) is 8.85 Å². The summed E-state index contributed by atoms with van der Waals surface area (Å²) in [5.41, 5.74) is 0.588. The van der Waals surface area contributed by atoms with Crippen molar-refractivity contribution < 1.29 is 31.6 Å². The van der Waals surface area contributed by atoms with Crippen LogP contribution in [0.2, 0.25) is 0 Å². The van der Waals surface area contributed by atoms with Gasteiger partial charge in [0.2, 0.25) is 0 Å². The number of pyridine rings is 1. The largest absolute Gasteiger partial charge is 0.573 e. The summed E-state index contributed by atoms with van der Waals surface area (Å²) >= 11 is 0. The van der Waals surface area contributed by atoms with E-state index in [-0.39, 0.29) is 28.9 Å². The Hall–Kier alpha value is -3.59. The Morgan fingerprint density at radius 3 is 2.43 bits per heavy atom. The third kappa shape index (κ3) is 6.10. The number of carbonyl (C=O) groups is 1. The standard InChI is InChI=1S/C26H26F3N3O3/c1-16-14-32(15-17(2)34-16)24-12-9-20(13-30-24)31-25(33)23-6-4-5-22(18(23)3)19-7-10-21(11-8-19)35-26(27,28)29/h4-13,16-17H,14-15H2,1-3H3,(H,31,33)/t16-,17+/i3+1D3. The average Bonchev–Trinajstić information content (AvgIpc) is 2.82. The first-order chi connectivity index (χ1) is 17.8. The number of aromatic nitrogens is 1. The first-order valence-corrected chi connectivity index (χ1v) is 11.0. The Morgan fingerprint density at radius 1 is 1.11 bits per heavy atom. The first-order valence-electron chi connectivity index (χ1n) is 12.5. The number of rotatable bonds is 5. The predicted octanol–water partition coefficient (Wildman–Crippen LogP) is 5.82. The Balaban J connectivity index is 1.58. The van der Waals surface area contributed by atoms with Crippen LogP contribution in [0, 0.1) is 6.85 Å². The highest BCUT2D eigenvalue weighted by atomic mass is 19.4. The smallest absolute Gasteiger partial charge is 0.406 e. The maximum atomic E-state index is 13.2. The molecule has 1 aromatic heterocycles. The van der Waals surface area contributed by atoms with Crippen molar-refractivity contribution in [3.8, 4) is 16.9 Å². The molecule has 0 aliphatic carbocycles. The van der Waals surface area contributed by atoms with Crippen LogP contribution in [0.4, 0.5) is 24.7 Å². The molecule has 35 heavy (non-hydrogen) atoms. The number of hydrogen-bond donors (Lipinski definition) is 1. The van der Waals surface area contributed by atoms with Gasteiger partial charge in [-0.1, -0.05) is 24.3 Å². The van der Waals surface area contributed by atoms with Crippen LogP contribution >= 0.6 is 0 Å². The fraction of sp³-hybridized carbons (Fsp3) is 0.308. The van der Waals surface area contributed by atoms with Crippen LogP contribution in [0.5, 0.6) is 5.75 Å². The van der Waals surface area contributed by atoms with E-state index in [1.54, 1.807) is 12.1 Å². The zero-order chi connectivity index (χ0) is 27.7. The molecule has 1 saturated heterocycles. The third-order valence-electron chi connectivity index (χ3n) is 5.46. The summed E-state index contributed by atoms with van der Waals surface area (Å²) in [6, 6.07) is 12.6. The lowest BCUT2D eigenvalue weighted by atomic mass is 9.98. The number of halogens is 3. The summed E-state index contributed by atoms with van der Waals surface area (Å²) in [6.07, 6.45) is -3.25. The van der Waals surface area contributed by atoms with Crippen molar-refractivity contribution in [1.29, 1.82) is 0 Å². The Kier molecular flexibility index (Phi) is 5.90. The van der Waals surface area contributed by atoms with Crippen LogP contribution in [-0.4, -0.2) is 42.6 Å². The third-order valence-corrected chi connectivity index (χ3v) is 5.46. The molecule has 0 unspecified atom stereocenters. The Bertz CT molecular complexity index is 1270. The topological polar surface area (TPSA) is 63.7 Å². The van der Waals surface area contributed by atoms with E-state index in [2.05, 4.69) is 19.9 Å². The second-order valence-electron chi connectivity index (χ2n) is 8.32. The summed E-state index contributed by atoms with van der Waals surface area (Å²) in [6.45, 7) is 2.65. The van der Waals surface area contributed by atoms with Gasteiger partial charge in [-0.2, -0.15) is 0 Å². The van der Waals surface area contributed by atoms with Crippen molar-refractivity contribution in [2.24, 2.45) is 0 Å². The number of alkyl halides is 3. The highest BCUT2D eigenvalue weighted by Gasteiger charge is 2.31. The summed E-state index contributed by atoms with van der Waals surface area (Å²) in [7, 11) is 0. The molecule has 1 fully saturated rings. The number of morpholine rings is 1. The Labute approximate surface area is 205 Å². The van der Waals surface area contributed by atoms with Crippen molar-refractivity contribution in [2.75, 3.05) is 23.3 Å². The zero-order valence-corrected chi connectivity index (χ0v) is 19.1. The summed E-state index contributed by atoms with van der Waals surface area (Å²) in [5, 5.41) is 2.69.